The van der Waals surface area contributed by atoms with Crippen molar-refractivity contribution in [3.05, 3.63) is 126 Å². The first-order valence-corrected chi connectivity index (χ1v) is 20.6. The van der Waals surface area contributed by atoms with Crippen LogP contribution in [0.3, 0.4) is 0 Å². The molecule has 0 radical (unpaired) electrons. The van der Waals surface area contributed by atoms with Crippen LogP contribution < -0.4 is 0 Å². The van der Waals surface area contributed by atoms with Crippen LogP contribution in [-0.2, 0) is 10.8 Å². The maximum atomic E-state index is 5.89. The predicted molar refractivity (Wildman–Crippen MR) is 226 cm³/mol. The van der Waals surface area contributed by atoms with Crippen LogP contribution in [-0.4, -0.2) is 19.5 Å². The fourth-order valence-corrected chi connectivity index (χ4v) is 15.8. The molecule has 2 aromatic carbocycles. The van der Waals surface area contributed by atoms with E-state index in [4.69, 9.17) is 48.9 Å². The summed E-state index contributed by atoms with van der Waals surface area (Å²) in [4.78, 5) is 11.6. The highest BCUT2D eigenvalue weighted by Crippen LogP contribution is 2.65. The first kappa shape index (κ1) is 30.2. The summed E-state index contributed by atoms with van der Waals surface area (Å²) in [6.07, 6.45) is 4.46. The second kappa shape index (κ2) is 9.98. The Bertz CT molecular complexity index is 2380. The average Bonchev–Trinajstić information content (AvgIpc) is 3.92. The highest BCUT2D eigenvalue weighted by atomic mass is 32.1. The first-order valence-electron chi connectivity index (χ1n) is 15.7. The van der Waals surface area contributed by atoms with Gasteiger partial charge in [-0.3, -0.25) is 0 Å². The molecule has 4 heterocycles. The van der Waals surface area contributed by atoms with Gasteiger partial charge < -0.3 is 0 Å². The number of hydrogen-bond donors (Lipinski definition) is 0. The van der Waals surface area contributed by atoms with Gasteiger partial charge in [0.1, 0.15) is 0 Å². The van der Waals surface area contributed by atoms with E-state index in [0.29, 0.717) is 0 Å². The Labute approximate surface area is 316 Å². The van der Waals surface area contributed by atoms with E-state index < -0.39 is 0 Å². The molecule has 0 amide bonds. The Hall–Kier alpha value is -2.66. The number of allylic oxidation sites excluding steroid dienone is 2. The smallest absolute Gasteiger partial charge is 0.0543 e. The fraction of sp³-hybridized carbons (Fsp3) is 0.150. The minimum Gasteiger partial charge on any atom is -0.135 e. The highest BCUT2D eigenvalue weighted by Gasteiger charge is 2.46. The van der Waals surface area contributed by atoms with Crippen LogP contribution in [0.2, 0.25) is 0 Å². The van der Waals surface area contributed by atoms with Crippen LogP contribution >= 0.6 is 94.2 Å². The number of thiocarbonyl (C=S) groups is 4. The van der Waals surface area contributed by atoms with Gasteiger partial charge in [0.2, 0.25) is 0 Å². The van der Waals surface area contributed by atoms with E-state index in [0.717, 1.165) is 52.9 Å². The second-order valence-electron chi connectivity index (χ2n) is 13.8. The minimum absolute atomic E-state index is 0.0880. The predicted octanol–water partition coefficient (Wildman–Crippen LogP) is 12.8. The Morgan fingerprint density at radius 2 is 0.812 bits per heavy atom. The molecule has 4 aliphatic rings. The highest BCUT2D eigenvalue weighted by molar-refractivity contribution is 7.84. The third-order valence-electron chi connectivity index (χ3n) is 10.4. The molecule has 0 fully saturated rings. The van der Waals surface area contributed by atoms with Gasteiger partial charge in [-0.05, 0) is 46.5 Å². The van der Waals surface area contributed by atoms with Crippen molar-refractivity contribution in [2.45, 2.75) is 38.5 Å². The number of thiophene rings is 4. The van der Waals surface area contributed by atoms with Crippen LogP contribution in [0.4, 0.5) is 0 Å². The molecule has 0 bridgehead atoms. The van der Waals surface area contributed by atoms with E-state index >= 15 is 0 Å². The standard InChI is InChI=1S/C40H24S8/c1-39(2)25-15-17(13-23-29(41)19-9-5-6-10-20(19)30(23)42)45-33(25)35-27(39)37-38(47-35)28-36(48-37)34-26(40(28,3)4)16-18(46-34)14-24-31(43)21-11-7-8-12-22(21)32(24)44/h5-16H,1-4H3. The SMILES string of the molecule is CC1(C)c2cc(C=C3C(=S)c4ccccc4C3=S)sc2-c2sc3c4c(sc3c21)-c1sc(C=C2C(=S)c3ccccc3C2=S)cc1C4(C)C. The summed E-state index contributed by atoms with van der Waals surface area (Å²) in [5.41, 5.74) is 12.0. The lowest BCUT2D eigenvalue weighted by Crippen LogP contribution is -2.15. The maximum Gasteiger partial charge on any atom is 0.0543 e. The third kappa shape index (κ3) is 3.78. The van der Waals surface area contributed by atoms with Crippen LogP contribution in [0.25, 0.3) is 41.1 Å². The summed E-state index contributed by atoms with van der Waals surface area (Å²) < 4.78 is 2.92. The van der Waals surface area contributed by atoms with Gasteiger partial charge in [-0.15, -0.1) is 45.3 Å². The van der Waals surface area contributed by atoms with Gasteiger partial charge in [0, 0.05) is 63.7 Å². The molecular formula is C40H24S8. The van der Waals surface area contributed by atoms with Crippen molar-refractivity contribution in [2.75, 3.05) is 0 Å². The summed E-state index contributed by atoms with van der Waals surface area (Å²) in [6.45, 7) is 9.60. The van der Waals surface area contributed by atoms with Gasteiger partial charge in [-0.25, -0.2) is 0 Å². The zero-order chi connectivity index (χ0) is 33.0. The van der Waals surface area contributed by atoms with Gasteiger partial charge in [-0.1, -0.05) is 125 Å². The second-order valence-corrected chi connectivity index (χ2v) is 19.7. The number of rotatable bonds is 2. The van der Waals surface area contributed by atoms with Gasteiger partial charge in [0.05, 0.1) is 38.6 Å². The zero-order valence-corrected chi connectivity index (χ0v) is 32.7. The van der Waals surface area contributed by atoms with Crippen LogP contribution in [0.1, 0.15) is 82.0 Å². The molecule has 8 heteroatoms. The molecule has 6 aromatic rings. The number of fused-ring (bicyclic) bond motifs is 11. The van der Waals surface area contributed by atoms with Gasteiger partial charge in [0.15, 0.2) is 0 Å². The molecule has 0 aliphatic heterocycles. The van der Waals surface area contributed by atoms with Crippen LogP contribution in [0.5, 0.6) is 0 Å². The lowest BCUT2D eigenvalue weighted by atomic mass is 9.82. The molecule has 0 spiro atoms. The zero-order valence-electron chi connectivity index (χ0n) is 26.2. The van der Waals surface area contributed by atoms with Gasteiger partial charge >= 0.3 is 0 Å². The number of benzene rings is 2. The lowest BCUT2D eigenvalue weighted by Gasteiger charge is -2.20. The molecule has 0 unspecified atom stereocenters. The molecule has 48 heavy (non-hydrogen) atoms. The molecule has 4 aromatic heterocycles. The van der Waals surface area contributed by atoms with E-state index in [1.54, 1.807) is 0 Å². The summed E-state index contributed by atoms with van der Waals surface area (Å²) in [7, 11) is 0. The van der Waals surface area contributed by atoms with Crippen LogP contribution in [0.15, 0.2) is 71.8 Å². The van der Waals surface area contributed by atoms with Crippen molar-refractivity contribution in [2.24, 2.45) is 0 Å². The Morgan fingerprint density at radius 1 is 0.479 bits per heavy atom. The van der Waals surface area contributed by atoms with Crippen molar-refractivity contribution < 1.29 is 0 Å². The summed E-state index contributed by atoms with van der Waals surface area (Å²) >= 11 is 31.3. The molecule has 0 saturated heterocycles. The number of hydrogen-bond acceptors (Lipinski definition) is 8. The average molecular weight is 761 g/mol. The minimum atomic E-state index is -0.0880. The normalized spacial score (nSPS) is 17.6. The Morgan fingerprint density at radius 3 is 1.15 bits per heavy atom. The first-order chi connectivity index (χ1) is 23.0. The van der Waals surface area contributed by atoms with E-state index in [1.807, 2.05) is 69.6 Å². The van der Waals surface area contributed by atoms with E-state index in [-0.39, 0.29) is 10.8 Å². The summed E-state index contributed by atoms with van der Waals surface area (Å²) in [5, 5.41) is 0. The van der Waals surface area contributed by atoms with Crippen molar-refractivity contribution in [1.82, 2.24) is 0 Å². The quantitative estimate of drug-likeness (QED) is 0.127. The van der Waals surface area contributed by atoms with Crippen LogP contribution in [0, 0.1) is 0 Å². The van der Waals surface area contributed by atoms with Crippen molar-refractivity contribution >= 4 is 135 Å². The fourth-order valence-electron chi connectivity index (χ4n) is 7.98. The molecule has 232 valence electrons. The molecular weight excluding hydrogens is 737 g/mol. The van der Waals surface area contributed by atoms with Gasteiger partial charge in [-0.2, -0.15) is 0 Å². The van der Waals surface area contributed by atoms with E-state index in [1.165, 1.54) is 60.9 Å². The van der Waals surface area contributed by atoms with Gasteiger partial charge in [0.25, 0.3) is 0 Å². The summed E-state index contributed by atoms with van der Waals surface area (Å²) in [5.74, 6) is 0. The van der Waals surface area contributed by atoms with E-state index in [2.05, 4.69) is 76.2 Å². The Kier molecular flexibility index (Phi) is 6.28. The lowest BCUT2D eigenvalue weighted by molar-refractivity contribution is 0.666. The Balaban J connectivity index is 1.05. The maximum absolute atomic E-state index is 5.89. The van der Waals surface area contributed by atoms with Crippen molar-refractivity contribution in [3.63, 3.8) is 0 Å². The monoisotopic (exact) mass is 760 g/mol. The molecule has 0 nitrogen and oxygen atoms in total. The van der Waals surface area contributed by atoms with Crippen molar-refractivity contribution in [3.8, 4) is 19.5 Å². The molecule has 0 atom stereocenters. The largest absolute Gasteiger partial charge is 0.135 e. The van der Waals surface area contributed by atoms with E-state index in [9.17, 15) is 0 Å². The summed E-state index contributed by atoms with van der Waals surface area (Å²) in [6, 6.07) is 21.3. The van der Waals surface area contributed by atoms with Crippen molar-refractivity contribution in [1.29, 1.82) is 0 Å². The molecule has 0 saturated carbocycles. The molecule has 0 N–H and O–H groups in total. The molecule has 4 aliphatic carbocycles. The topological polar surface area (TPSA) is 0 Å². The third-order valence-corrected chi connectivity index (χ3v) is 17.2. The molecule has 10 rings (SSSR count).